The maximum Gasteiger partial charge on any atom is 1.00 e. The van der Waals surface area contributed by atoms with Gasteiger partial charge in [-0.2, -0.15) is 4.74 Å². The van der Waals surface area contributed by atoms with Crippen LogP contribution in [0.15, 0.2) is 0 Å². The molecule has 0 amide bonds. The molecule has 0 N–H and O–H groups in total. The van der Waals surface area contributed by atoms with E-state index in [1.807, 2.05) is 4.74 Å². The smallest absolute Gasteiger partial charge is 1.00 e. The van der Waals surface area contributed by atoms with E-state index in [0.29, 0.717) is 0 Å². The molecule has 0 aromatic heterocycles. The van der Waals surface area contributed by atoms with Gasteiger partial charge in [-0.25, -0.2) is 13.9 Å². The van der Waals surface area contributed by atoms with Crippen LogP contribution in [0.1, 0.15) is 7.43 Å². The largest absolute Gasteiger partial charge is 1.00 e. The molecule has 0 saturated carbocycles. The van der Waals surface area contributed by atoms with E-state index in [1.54, 1.807) is 0 Å². The Morgan fingerprint density at radius 1 is 0.864 bits per heavy atom. The van der Waals surface area contributed by atoms with E-state index in [9.17, 15) is 43.9 Å². The third-order valence-electron chi connectivity index (χ3n) is 0.695. The SMILES string of the molecule is C.FCOC(F)(F)OC(F)(F)OC(F)(F)F.O=C(F)F.[F-].[K+]. The fourth-order valence-electron chi connectivity index (χ4n) is 0.387. The van der Waals surface area contributed by atoms with Gasteiger partial charge < -0.3 is 4.70 Å². The van der Waals surface area contributed by atoms with Crippen molar-refractivity contribution >= 4 is 6.29 Å². The monoisotopic (exact) mass is 390 g/mol. The number of rotatable bonds is 5. The first-order chi connectivity index (χ1) is 8.21. The molecule has 132 valence electrons. The topological polar surface area (TPSA) is 44.8 Å². The van der Waals surface area contributed by atoms with Crippen molar-refractivity contribution in [1.82, 2.24) is 0 Å². The van der Waals surface area contributed by atoms with Gasteiger partial charge in [0.2, 0.25) is 0 Å². The van der Waals surface area contributed by atoms with Crippen molar-refractivity contribution in [2.24, 2.45) is 0 Å². The van der Waals surface area contributed by atoms with Gasteiger partial charge in [-0.1, -0.05) is 7.43 Å². The van der Waals surface area contributed by atoms with Gasteiger partial charge in [-0.15, -0.1) is 39.5 Å². The zero-order chi connectivity index (χ0) is 15.9. The van der Waals surface area contributed by atoms with E-state index in [1.165, 1.54) is 0 Å². The van der Waals surface area contributed by atoms with Gasteiger partial charge in [-0.05, 0) is 0 Å². The summed E-state index contributed by atoms with van der Waals surface area (Å²) in [4.78, 5) is 8.11. The van der Waals surface area contributed by atoms with E-state index in [4.69, 9.17) is 4.79 Å². The molecule has 0 aliphatic carbocycles. The summed E-state index contributed by atoms with van der Waals surface area (Å²) in [6, 6.07) is 0. The minimum absolute atomic E-state index is 0. The van der Waals surface area contributed by atoms with Gasteiger partial charge >= 0.3 is 76.6 Å². The molecule has 0 atom stereocenters. The first kappa shape index (κ1) is 33.9. The maximum absolute atomic E-state index is 11.9. The second-order valence-electron chi connectivity index (χ2n) is 2.06. The van der Waals surface area contributed by atoms with Crippen molar-refractivity contribution in [2.75, 3.05) is 6.86 Å². The number of carbonyl (C=O) groups is 1. The van der Waals surface area contributed by atoms with Crippen molar-refractivity contribution in [3.8, 4) is 0 Å². The molecule has 0 heterocycles. The number of alkyl halides is 8. The molecule has 0 rings (SSSR count). The summed E-state index contributed by atoms with van der Waals surface area (Å²) < 4.78 is 118. The van der Waals surface area contributed by atoms with Crippen molar-refractivity contribution in [1.29, 1.82) is 0 Å². The molecule has 4 nitrogen and oxygen atoms in total. The quantitative estimate of drug-likeness (QED) is 0.243. The van der Waals surface area contributed by atoms with Crippen molar-refractivity contribution in [2.45, 2.75) is 26.4 Å². The van der Waals surface area contributed by atoms with Gasteiger partial charge in [0.1, 0.15) is 0 Å². The van der Waals surface area contributed by atoms with Gasteiger partial charge in [-0.3, -0.25) is 4.74 Å². The Morgan fingerprint density at radius 3 is 1.41 bits per heavy atom. The number of hydrogen-bond acceptors (Lipinski definition) is 4. The molecule has 0 aromatic rings. The predicted molar refractivity (Wildman–Crippen MR) is 39.5 cm³/mol. The molecule has 0 aromatic carbocycles. The predicted octanol–water partition coefficient (Wildman–Crippen LogP) is -1.73. The zero-order valence-electron chi connectivity index (χ0n) is 9.50. The first-order valence-corrected chi connectivity index (χ1v) is 3.48. The van der Waals surface area contributed by atoms with E-state index < -0.39 is 32.1 Å². The standard InChI is InChI=1S/C4H2F8O3.CF2O.CH4.FH.K/c5-1-13-3(9,10)15-4(11,12)14-2(6,7)8;2-1(3)4;;;/h1H2;;1H4;1H;/q;;;;+1/p-1. The van der Waals surface area contributed by atoms with E-state index in [-0.39, 0.29) is 63.5 Å². The van der Waals surface area contributed by atoms with Crippen LogP contribution in [-0.2, 0) is 14.2 Å². The second kappa shape index (κ2) is 13.8. The van der Waals surface area contributed by atoms with Gasteiger partial charge in [0.25, 0.3) is 0 Å². The van der Waals surface area contributed by atoms with Crippen molar-refractivity contribution in [3.63, 3.8) is 0 Å². The Kier molecular flexibility index (Phi) is 21.3. The average molecular weight is 390 g/mol. The zero-order valence-corrected chi connectivity index (χ0v) is 12.6. The summed E-state index contributed by atoms with van der Waals surface area (Å²) in [5.41, 5.74) is 0. The molecular weight excluding hydrogens is 384 g/mol. The van der Waals surface area contributed by atoms with Gasteiger partial charge in [0.15, 0.2) is 6.86 Å². The fraction of sp³-hybridized carbons (Fsp3) is 0.833. The first-order valence-electron chi connectivity index (χ1n) is 3.48. The number of halogens is 11. The van der Waals surface area contributed by atoms with Crippen LogP contribution in [0, 0.1) is 0 Å². The molecule has 0 aliphatic heterocycles. The minimum Gasteiger partial charge on any atom is -1.00 e. The van der Waals surface area contributed by atoms with Crippen molar-refractivity contribution in [3.05, 3.63) is 0 Å². The van der Waals surface area contributed by atoms with Crippen LogP contribution < -0.4 is 56.1 Å². The minimum atomic E-state index is -5.91. The molecule has 0 aliphatic rings. The van der Waals surface area contributed by atoms with Crippen LogP contribution in [-0.4, -0.2) is 32.1 Å². The van der Waals surface area contributed by atoms with Crippen LogP contribution in [0.3, 0.4) is 0 Å². The summed E-state index contributed by atoms with van der Waals surface area (Å²) in [5.74, 6) is 0. The summed E-state index contributed by atoms with van der Waals surface area (Å²) in [7, 11) is 0. The van der Waals surface area contributed by atoms with E-state index >= 15 is 0 Å². The van der Waals surface area contributed by atoms with Gasteiger partial charge in [0, 0.05) is 0 Å². The van der Waals surface area contributed by atoms with Crippen molar-refractivity contribution < 1.29 is 119 Å². The average Bonchev–Trinajstić information content (AvgIpc) is 1.92. The molecular formula is C6H6F11KO4. The third kappa shape index (κ3) is 28.6. The number of carbonyl (C=O) groups excluding carboxylic acids is 1. The van der Waals surface area contributed by atoms with Crippen LogP contribution in [0.2, 0.25) is 0 Å². The molecule has 0 spiro atoms. The summed E-state index contributed by atoms with van der Waals surface area (Å²) >= 11 is 0. The fourth-order valence-corrected chi connectivity index (χ4v) is 0.387. The Morgan fingerprint density at radius 2 is 1.18 bits per heavy atom. The van der Waals surface area contributed by atoms with E-state index in [0.717, 1.165) is 0 Å². The Labute approximate surface area is 157 Å². The molecule has 0 bridgehead atoms. The Bertz CT molecular complexity index is 280. The third-order valence-corrected chi connectivity index (χ3v) is 0.695. The van der Waals surface area contributed by atoms with Crippen LogP contribution in [0.25, 0.3) is 0 Å². The molecule has 0 fully saturated rings. The summed E-state index contributed by atoms with van der Waals surface area (Å²) in [6.45, 7) is -2.24. The van der Waals surface area contributed by atoms with E-state index in [2.05, 4.69) is 9.47 Å². The molecule has 16 heteroatoms. The Balaban J connectivity index is -0.000000123. The number of hydrogen-bond donors (Lipinski definition) is 0. The molecule has 0 unspecified atom stereocenters. The Hall–Kier alpha value is 0.416. The van der Waals surface area contributed by atoms with Crippen LogP contribution >= 0.6 is 0 Å². The molecule has 0 radical (unpaired) electrons. The normalized spacial score (nSPS) is 11.0. The van der Waals surface area contributed by atoms with Crippen LogP contribution in [0.5, 0.6) is 0 Å². The van der Waals surface area contributed by atoms with Gasteiger partial charge in [0.05, 0.1) is 0 Å². The summed E-state index contributed by atoms with van der Waals surface area (Å²) in [6.07, 6.45) is -19.7. The number of ether oxygens (including phenoxy) is 3. The van der Waals surface area contributed by atoms with Crippen LogP contribution in [0.4, 0.5) is 48.7 Å². The maximum atomic E-state index is 11.9. The molecule has 22 heavy (non-hydrogen) atoms. The summed E-state index contributed by atoms with van der Waals surface area (Å²) in [5, 5.41) is 0. The second-order valence-corrected chi connectivity index (χ2v) is 2.06. The molecule has 0 saturated heterocycles.